The minimum atomic E-state index is -2.46. The van der Waals surface area contributed by atoms with Gasteiger partial charge in [-0.3, -0.25) is 4.98 Å². The van der Waals surface area contributed by atoms with Gasteiger partial charge >= 0.3 is 0 Å². The molecule has 0 aliphatic heterocycles. The van der Waals surface area contributed by atoms with E-state index in [1.807, 2.05) is 54.5 Å². The molecule has 30 heavy (non-hydrogen) atoms. The van der Waals surface area contributed by atoms with Crippen LogP contribution in [0.1, 0.15) is 80.3 Å². The Labute approximate surface area is 194 Å². The van der Waals surface area contributed by atoms with Crippen LogP contribution in [0.3, 0.4) is 0 Å². The molecule has 0 saturated carbocycles. The first-order valence-electron chi connectivity index (χ1n) is 14.3. The maximum absolute atomic E-state index is 8.63. The summed E-state index contributed by atoms with van der Waals surface area (Å²) in [7, 11) is 0. The van der Waals surface area contributed by atoms with Gasteiger partial charge in [-0.05, 0) is 88.9 Å². The second-order valence-electron chi connectivity index (χ2n) is 10.0. The summed E-state index contributed by atoms with van der Waals surface area (Å²) in [6.07, 6.45) is -0.0679. The summed E-state index contributed by atoms with van der Waals surface area (Å²) in [4.78, 5) is 4.54. The van der Waals surface area contributed by atoms with E-state index in [0.29, 0.717) is 27.9 Å². The Kier molecular flexibility index (Phi) is 3.69. The molecule has 0 amide bonds. The highest BCUT2D eigenvalue weighted by Crippen LogP contribution is 2.34. The molecule has 3 rings (SSSR count). The Bertz CT molecular complexity index is 1340. The van der Waals surface area contributed by atoms with Crippen molar-refractivity contribution in [3.63, 3.8) is 0 Å². The van der Waals surface area contributed by atoms with E-state index < -0.39 is 25.5 Å². The molecular weight excluding hydrogens is 362 g/mol. The van der Waals surface area contributed by atoms with Gasteiger partial charge in [-0.2, -0.15) is 0 Å². The summed E-state index contributed by atoms with van der Waals surface area (Å²) in [5.74, 6) is 0. The highest BCUT2D eigenvalue weighted by molar-refractivity contribution is 5.76. The fourth-order valence-electron chi connectivity index (χ4n) is 3.42. The van der Waals surface area contributed by atoms with Crippen LogP contribution in [0.25, 0.3) is 22.4 Å². The number of hydrogen-bond acceptors (Lipinski definition) is 1. The van der Waals surface area contributed by atoms with Crippen LogP contribution in [0.2, 0.25) is 0 Å². The zero-order chi connectivity index (χ0) is 29.1. The predicted octanol–water partition coefficient (Wildman–Crippen LogP) is 8.23. The zero-order valence-corrected chi connectivity index (χ0v) is 19.1. The van der Waals surface area contributed by atoms with E-state index in [-0.39, 0.29) is 16.5 Å². The van der Waals surface area contributed by atoms with Crippen molar-refractivity contribution in [1.82, 2.24) is 4.98 Å². The van der Waals surface area contributed by atoms with E-state index in [1.54, 1.807) is 36.5 Å². The van der Waals surface area contributed by atoms with E-state index in [1.165, 1.54) is 6.07 Å². The average molecular weight is 408 g/mol. The van der Waals surface area contributed by atoms with Crippen molar-refractivity contribution in [3.8, 4) is 22.4 Å². The Morgan fingerprint density at radius 1 is 0.833 bits per heavy atom. The lowest BCUT2D eigenvalue weighted by molar-refractivity contribution is 0.410. The van der Waals surface area contributed by atoms with Crippen LogP contribution in [-0.2, 0) is 11.8 Å². The molecule has 158 valence electrons. The third-order valence-electron chi connectivity index (χ3n) is 5.11. The normalized spacial score (nSPS) is 17.6. The minimum absolute atomic E-state index is 0.0627. The van der Waals surface area contributed by atoms with Crippen molar-refractivity contribution in [2.24, 2.45) is 5.41 Å². The molecule has 0 bridgehead atoms. The van der Waals surface area contributed by atoms with Gasteiger partial charge in [0.15, 0.2) is 0 Å². The van der Waals surface area contributed by atoms with Gasteiger partial charge in [-0.1, -0.05) is 71.9 Å². The highest BCUT2D eigenvalue weighted by atomic mass is 14.7. The lowest BCUT2D eigenvalue weighted by atomic mass is 9.84. The van der Waals surface area contributed by atoms with Gasteiger partial charge in [0.25, 0.3) is 0 Å². The Hall–Kier alpha value is -2.41. The van der Waals surface area contributed by atoms with E-state index in [0.717, 1.165) is 11.1 Å². The summed E-state index contributed by atoms with van der Waals surface area (Å²) in [6, 6.07) is 11.9. The van der Waals surface area contributed by atoms with Crippen LogP contribution in [0.5, 0.6) is 0 Å². The maximum atomic E-state index is 8.63. The molecule has 0 N–H and O–H groups in total. The van der Waals surface area contributed by atoms with Crippen LogP contribution in [0, 0.1) is 26.0 Å². The van der Waals surface area contributed by atoms with Gasteiger partial charge in [-0.15, -0.1) is 0 Å². The van der Waals surface area contributed by atoms with Gasteiger partial charge in [0.05, 0.1) is 5.69 Å². The quantitative estimate of drug-likeness (QED) is 0.426. The molecule has 2 aromatic carbocycles. The molecule has 1 heteroatoms. The lowest BCUT2D eigenvalue weighted by Crippen LogP contribution is -2.11. The minimum Gasteiger partial charge on any atom is -0.256 e. The van der Waals surface area contributed by atoms with Crippen molar-refractivity contribution in [2.45, 2.75) is 74.0 Å². The zero-order valence-electron chi connectivity index (χ0n) is 27.1. The molecule has 0 fully saturated rings. The van der Waals surface area contributed by atoms with Gasteiger partial charge in [0, 0.05) is 22.7 Å². The monoisotopic (exact) mass is 407 g/mol. The number of nitrogens with zero attached hydrogens (tertiary/aromatic N) is 1. The third-order valence-corrected chi connectivity index (χ3v) is 5.11. The van der Waals surface area contributed by atoms with Gasteiger partial charge in [0.1, 0.15) is 0 Å². The second-order valence-corrected chi connectivity index (χ2v) is 10.0. The summed E-state index contributed by atoms with van der Waals surface area (Å²) < 4.78 is 66.3. The van der Waals surface area contributed by atoms with Crippen LogP contribution in [0.15, 0.2) is 48.7 Å². The molecule has 0 saturated heterocycles. The molecule has 0 spiro atoms. The molecule has 3 aromatic rings. The largest absolute Gasteiger partial charge is 0.256 e. The molecule has 0 aliphatic carbocycles. The van der Waals surface area contributed by atoms with E-state index in [9.17, 15) is 0 Å². The fourth-order valence-corrected chi connectivity index (χ4v) is 3.42. The first-order valence-corrected chi connectivity index (χ1v) is 10.3. The first kappa shape index (κ1) is 13.8. The molecule has 0 aliphatic rings. The molecule has 1 nitrogen and oxygen atoms in total. The molecule has 0 radical (unpaired) electrons. The second kappa shape index (κ2) is 8.02. The predicted molar refractivity (Wildman–Crippen MR) is 131 cm³/mol. The van der Waals surface area contributed by atoms with Crippen LogP contribution >= 0.6 is 0 Å². The van der Waals surface area contributed by atoms with Crippen LogP contribution < -0.4 is 0 Å². The number of pyridine rings is 1. The highest BCUT2D eigenvalue weighted by Gasteiger charge is 2.17. The van der Waals surface area contributed by atoms with Crippen molar-refractivity contribution < 1.29 is 11.0 Å². The average Bonchev–Trinajstić information content (AvgIpc) is 2.75. The Morgan fingerprint density at radius 2 is 1.57 bits per heavy atom. The smallest absolute Gasteiger partial charge is 0.0705 e. The summed E-state index contributed by atoms with van der Waals surface area (Å²) in [6.45, 7) is 8.44. The first-order chi connectivity index (χ1) is 17.0. The molecular formula is C29H37N. The number of aromatic nitrogens is 1. The fraction of sp³-hybridized carbons (Fsp3) is 0.414. The van der Waals surface area contributed by atoms with Crippen molar-refractivity contribution >= 4 is 0 Å². The topological polar surface area (TPSA) is 12.9 Å². The van der Waals surface area contributed by atoms with E-state index in [4.69, 9.17) is 11.0 Å². The SMILES string of the molecule is [2H]C([2H])([2H])c1ccc(-c2cc(C)c(C([2H])([2H])C(C)(C)C)cn2)cc1-c1ccc(C(C)(C)C)cc1C([2H])([2H])[2H]. The molecule has 0 atom stereocenters. The Balaban J connectivity index is 2.28. The summed E-state index contributed by atoms with van der Waals surface area (Å²) in [5, 5.41) is 0. The van der Waals surface area contributed by atoms with Crippen LogP contribution in [-0.4, -0.2) is 4.98 Å². The van der Waals surface area contributed by atoms with Crippen molar-refractivity contribution in [2.75, 3.05) is 0 Å². The number of rotatable bonds is 3. The number of hydrogen-bond donors (Lipinski definition) is 0. The maximum Gasteiger partial charge on any atom is 0.0705 e. The molecule has 1 aromatic heterocycles. The van der Waals surface area contributed by atoms with E-state index >= 15 is 0 Å². The summed E-state index contributed by atoms with van der Waals surface area (Å²) >= 11 is 0. The standard InChI is InChI=1S/C29H37N/c1-19-10-11-22(27-15-20(2)23(18-30-27)17-28(4,5)6)16-26(19)25-13-12-24(14-21(25)3)29(7,8)9/h10-16,18H,17H2,1-9H3/i1D3,3D3,17D2. The number of benzene rings is 2. The van der Waals surface area contributed by atoms with Gasteiger partial charge < -0.3 is 0 Å². The van der Waals surface area contributed by atoms with Crippen molar-refractivity contribution in [3.05, 3.63) is 76.5 Å². The Morgan fingerprint density at radius 3 is 2.17 bits per heavy atom. The van der Waals surface area contributed by atoms with Gasteiger partial charge in [0.2, 0.25) is 0 Å². The molecule has 0 unspecified atom stereocenters. The third kappa shape index (κ3) is 5.01. The number of aryl methyl sites for hydroxylation is 3. The van der Waals surface area contributed by atoms with E-state index in [2.05, 4.69) is 4.98 Å². The van der Waals surface area contributed by atoms with Crippen molar-refractivity contribution in [1.29, 1.82) is 0 Å². The summed E-state index contributed by atoms with van der Waals surface area (Å²) in [5.41, 5.74) is 3.16. The lowest BCUT2D eigenvalue weighted by Gasteiger charge is -2.21. The van der Waals surface area contributed by atoms with Crippen LogP contribution in [0.4, 0.5) is 0 Å². The molecule has 1 heterocycles. The van der Waals surface area contributed by atoms with Gasteiger partial charge in [-0.25, -0.2) is 0 Å².